The van der Waals surface area contributed by atoms with Crippen LogP contribution in [-0.4, -0.2) is 95.2 Å². The third kappa shape index (κ3) is 8.82. The van der Waals surface area contributed by atoms with Crippen LogP contribution >= 0.6 is 24.0 Å². The van der Waals surface area contributed by atoms with Gasteiger partial charge < -0.3 is 15.0 Å². The van der Waals surface area contributed by atoms with E-state index < -0.39 is 9.84 Å². The molecule has 7 nitrogen and oxygen atoms in total. The second-order valence-electron chi connectivity index (χ2n) is 5.83. The van der Waals surface area contributed by atoms with Gasteiger partial charge in [-0.3, -0.25) is 9.89 Å². The van der Waals surface area contributed by atoms with Crippen LogP contribution in [0.15, 0.2) is 4.99 Å². The maximum Gasteiger partial charge on any atom is 0.193 e. The lowest BCUT2D eigenvalue weighted by Crippen LogP contribution is -2.44. The van der Waals surface area contributed by atoms with E-state index in [4.69, 9.17) is 4.74 Å². The molecule has 0 spiro atoms. The first kappa shape index (κ1) is 23.9. The fourth-order valence-corrected chi connectivity index (χ4v) is 3.27. The van der Waals surface area contributed by atoms with E-state index in [-0.39, 0.29) is 36.3 Å². The van der Waals surface area contributed by atoms with E-state index >= 15 is 0 Å². The number of aliphatic imine (C=N–C) groups is 1. The van der Waals surface area contributed by atoms with Crippen molar-refractivity contribution in [1.82, 2.24) is 15.1 Å². The molecule has 1 heterocycles. The van der Waals surface area contributed by atoms with E-state index in [1.54, 1.807) is 7.05 Å². The van der Waals surface area contributed by atoms with Crippen molar-refractivity contribution < 1.29 is 13.2 Å². The van der Waals surface area contributed by atoms with Gasteiger partial charge in [0.25, 0.3) is 0 Å². The van der Waals surface area contributed by atoms with E-state index in [1.165, 1.54) is 6.26 Å². The molecule has 9 heteroatoms. The van der Waals surface area contributed by atoms with Crippen LogP contribution in [-0.2, 0) is 14.6 Å². The van der Waals surface area contributed by atoms with Gasteiger partial charge in [-0.05, 0) is 19.5 Å². The summed E-state index contributed by atoms with van der Waals surface area (Å²) in [6, 6.07) is 0.592. The Balaban J connectivity index is 0.00000529. The minimum atomic E-state index is -2.95. The Morgan fingerprint density at radius 3 is 2.54 bits per heavy atom. The van der Waals surface area contributed by atoms with Gasteiger partial charge in [0.2, 0.25) is 0 Å². The highest BCUT2D eigenvalue weighted by atomic mass is 127. The third-order valence-electron chi connectivity index (χ3n) is 4.13. The molecule has 1 saturated heterocycles. The van der Waals surface area contributed by atoms with Crippen LogP contribution in [0.3, 0.4) is 0 Å². The summed E-state index contributed by atoms with van der Waals surface area (Å²) in [5.41, 5.74) is 0. The molecule has 0 aromatic heterocycles. The van der Waals surface area contributed by atoms with Crippen molar-refractivity contribution in [3.05, 3.63) is 0 Å². The van der Waals surface area contributed by atoms with E-state index in [1.807, 2.05) is 0 Å². The highest BCUT2D eigenvalue weighted by Crippen LogP contribution is 2.15. The Morgan fingerprint density at radius 2 is 2.00 bits per heavy atom. The highest BCUT2D eigenvalue weighted by Gasteiger charge is 2.27. The lowest BCUT2D eigenvalue weighted by atomic mass is 10.2. The summed E-state index contributed by atoms with van der Waals surface area (Å²) >= 11 is 0. The van der Waals surface area contributed by atoms with E-state index in [2.05, 4.69) is 34.0 Å². The van der Waals surface area contributed by atoms with Gasteiger partial charge in [-0.1, -0.05) is 13.8 Å². The second kappa shape index (κ2) is 12.3. The van der Waals surface area contributed by atoms with Gasteiger partial charge in [0, 0.05) is 39.0 Å². The predicted molar refractivity (Wildman–Crippen MR) is 110 cm³/mol. The first-order valence-electron chi connectivity index (χ1n) is 8.36. The number of hydrogen-bond donors (Lipinski definition) is 1. The third-order valence-corrected chi connectivity index (χ3v) is 5.04. The van der Waals surface area contributed by atoms with Gasteiger partial charge >= 0.3 is 0 Å². The number of guanidine groups is 1. The van der Waals surface area contributed by atoms with Crippen LogP contribution in [0.1, 0.15) is 20.3 Å². The van der Waals surface area contributed by atoms with Crippen LogP contribution < -0.4 is 5.32 Å². The standard InChI is InChI=1S/C15H32N4O3S.HI/c1-5-18(6-2)14-7-9-19(13-14)15(16-3)17-8-10-22-11-12-23(4,20)21;/h14H,5-13H2,1-4H3,(H,16,17);1H. The van der Waals surface area contributed by atoms with Crippen molar-refractivity contribution in [2.45, 2.75) is 26.3 Å². The molecule has 24 heavy (non-hydrogen) atoms. The molecule has 1 N–H and O–H groups in total. The van der Waals surface area contributed by atoms with E-state index in [9.17, 15) is 8.42 Å². The number of likely N-dealkylation sites (N-methyl/N-ethyl adjacent to an activating group) is 1. The Bertz CT molecular complexity index is 469. The summed E-state index contributed by atoms with van der Waals surface area (Å²) in [7, 11) is -1.16. The van der Waals surface area contributed by atoms with Crippen LogP contribution in [0.2, 0.25) is 0 Å². The number of ether oxygens (including phenoxy) is 1. The zero-order valence-electron chi connectivity index (χ0n) is 15.3. The predicted octanol–water partition coefficient (Wildman–Crippen LogP) is 0.657. The van der Waals surface area contributed by atoms with Gasteiger partial charge in [-0.2, -0.15) is 0 Å². The quantitative estimate of drug-likeness (QED) is 0.228. The Morgan fingerprint density at radius 1 is 1.33 bits per heavy atom. The van der Waals surface area contributed by atoms with Crippen LogP contribution in [0.4, 0.5) is 0 Å². The molecule has 0 aromatic rings. The molecule has 0 bridgehead atoms. The maximum absolute atomic E-state index is 11.0. The second-order valence-corrected chi connectivity index (χ2v) is 8.09. The molecule has 1 atom stereocenters. The topological polar surface area (TPSA) is 74.2 Å². The average molecular weight is 476 g/mol. The number of nitrogens with zero attached hydrogens (tertiary/aromatic N) is 3. The van der Waals surface area contributed by atoms with Gasteiger partial charge in [0.1, 0.15) is 9.84 Å². The summed E-state index contributed by atoms with van der Waals surface area (Å²) < 4.78 is 27.3. The van der Waals surface area contributed by atoms with Gasteiger partial charge in [0.05, 0.1) is 19.0 Å². The van der Waals surface area contributed by atoms with E-state index in [0.29, 0.717) is 19.2 Å². The molecule has 0 aromatic carbocycles. The van der Waals surface area contributed by atoms with E-state index in [0.717, 1.165) is 38.6 Å². The lowest BCUT2D eigenvalue weighted by molar-refractivity contribution is 0.153. The maximum atomic E-state index is 11.0. The SMILES string of the molecule is CCN(CC)C1CCN(C(=NC)NCCOCCS(C)(=O)=O)C1.I. The van der Waals surface area contributed by atoms with Crippen molar-refractivity contribution >= 4 is 39.8 Å². The molecule has 1 aliphatic heterocycles. The first-order chi connectivity index (χ1) is 10.9. The van der Waals surface area contributed by atoms with Crippen LogP contribution in [0, 0.1) is 0 Å². The number of nitrogens with one attached hydrogen (secondary N) is 1. The summed E-state index contributed by atoms with van der Waals surface area (Å²) in [5, 5.41) is 3.29. The van der Waals surface area contributed by atoms with Crippen LogP contribution in [0.25, 0.3) is 0 Å². The molecular formula is C15H33IN4O3S. The molecule has 1 aliphatic rings. The first-order valence-corrected chi connectivity index (χ1v) is 10.4. The van der Waals surface area contributed by atoms with Crippen molar-refractivity contribution in [1.29, 1.82) is 0 Å². The smallest absolute Gasteiger partial charge is 0.193 e. The van der Waals surface area contributed by atoms with Crippen molar-refractivity contribution in [2.24, 2.45) is 4.99 Å². The summed E-state index contributed by atoms with van der Waals surface area (Å²) in [6.45, 7) is 9.91. The Labute approximate surface area is 164 Å². The van der Waals surface area contributed by atoms with Crippen molar-refractivity contribution in [3.8, 4) is 0 Å². The fraction of sp³-hybridized carbons (Fsp3) is 0.933. The summed E-state index contributed by atoms with van der Waals surface area (Å²) in [5.74, 6) is 0.964. The number of likely N-dealkylation sites (tertiary alicyclic amines) is 1. The van der Waals surface area contributed by atoms with Gasteiger partial charge in [0.15, 0.2) is 5.96 Å². The molecule has 1 unspecified atom stereocenters. The number of sulfone groups is 1. The normalized spacial score (nSPS) is 18.8. The summed E-state index contributed by atoms with van der Waals surface area (Å²) in [6.07, 6.45) is 2.38. The monoisotopic (exact) mass is 476 g/mol. The zero-order chi connectivity index (χ0) is 17.3. The molecule has 0 saturated carbocycles. The molecule has 0 aliphatic carbocycles. The lowest BCUT2D eigenvalue weighted by Gasteiger charge is -2.27. The molecule has 0 radical (unpaired) electrons. The molecule has 1 fully saturated rings. The number of hydrogen-bond acceptors (Lipinski definition) is 5. The molecular weight excluding hydrogens is 443 g/mol. The van der Waals surface area contributed by atoms with Crippen LogP contribution in [0.5, 0.6) is 0 Å². The largest absolute Gasteiger partial charge is 0.379 e. The fourth-order valence-electron chi connectivity index (χ4n) is 2.85. The van der Waals surface area contributed by atoms with Crippen molar-refractivity contribution in [3.63, 3.8) is 0 Å². The minimum absolute atomic E-state index is 0. The number of rotatable bonds is 9. The Hall–Kier alpha value is -0.130. The number of halogens is 1. The van der Waals surface area contributed by atoms with Crippen molar-refractivity contribution in [2.75, 3.05) is 65.0 Å². The zero-order valence-corrected chi connectivity index (χ0v) is 18.5. The molecule has 144 valence electrons. The van der Waals surface area contributed by atoms with Gasteiger partial charge in [-0.25, -0.2) is 8.42 Å². The highest BCUT2D eigenvalue weighted by molar-refractivity contribution is 14.0. The molecule has 0 amide bonds. The summed E-state index contributed by atoms with van der Waals surface area (Å²) in [4.78, 5) is 9.10. The van der Waals surface area contributed by atoms with Gasteiger partial charge in [-0.15, -0.1) is 24.0 Å². The Kier molecular flexibility index (Phi) is 12.2. The minimum Gasteiger partial charge on any atom is -0.379 e. The average Bonchev–Trinajstić information content (AvgIpc) is 2.96. The molecule has 1 rings (SSSR count).